The van der Waals surface area contributed by atoms with Crippen LogP contribution in [0.1, 0.15) is 12.5 Å². The standard InChI is InChI=1S/C12H18O4/c1-12(15,11(14)7-13)9-16-8-10-5-3-2-4-6-10/h2-6,11,13-15H,7-9H2,1H3/t11-,12-/m1/s1. The summed E-state index contributed by atoms with van der Waals surface area (Å²) in [5, 5.41) is 27.8. The molecule has 4 heteroatoms. The van der Waals surface area contributed by atoms with E-state index in [1.165, 1.54) is 6.92 Å². The molecular formula is C12H18O4. The summed E-state index contributed by atoms with van der Waals surface area (Å²) in [4.78, 5) is 0. The van der Waals surface area contributed by atoms with E-state index < -0.39 is 18.3 Å². The maximum absolute atomic E-state index is 9.73. The topological polar surface area (TPSA) is 69.9 Å². The van der Waals surface area contributed by atoms with Crippen molar-refractivity contribution in [2.75, 3.05) is 13.2 Å². The highest BCUT2D eigenvalue weighted by molar-refractivity contribution is 5.13. The van der Waals surface area contributed by atoms with Gasteiger partial charge in [0.15, 0.2) is 0 Å². The zero-order valence-electron chi connectivity index (χ0n) is 9.34. The summed E-state index contributed by atoms with van der Waals surface area (Å²) in [6, 6.07) is 9.54. The molecule has 0 spiro atoms. The molecule has 4 nitrogen and oxygen atoms in total. The first-order valence-electron chi connectivity index (χ1n) is 5.19. The Balaban J connectivity index is 2.35. The van der Waals surface area contributed by atoms with Crippen molar-refractivity contribution in [2.24, 2.45) is 0 Å². The zero-order chi connectivity index (χ0) is 12.0. The van der Waals surface area contributed by atoms with E-state index in [2.05, 4.69) is 0 Å². The van der Waals surface area contributed by atoms with Gasteiger partial charge in [-0.15, -0.1) is 0 Å². The number of ether oxygens (including phenoxy) is 1. The predicted octanol–water partition coefficient (Wildman–Crippen LogP) is 0.307. The average Bonchev–Trinajstić information content (AvgIpc) is 2.29. The highest BCUT2D eigenvalue weighted by Crippen LogP contribution is 2.11. The summed E-state index contributed by atoms with van der Waals surface area (Å²) >= 11 is 0. The van der Waals surface area contributed by atoms with Crippen LogP contribution in [0, 0.1) is 0 Å². The normalized spacial score (nSPS) is 16.8. The maximum atomic E-state index is 9.73. The van der Waals surface area contributed by atoms with Crippen LogP contribution in [0.5, 0.6) is 0 Å². The molecule has 0 radical (unpaired) electrons. The predicted molar refractivity (Wildman–Crippen MR) is 59.8 cm³/mol. The second kappa shape index (κ2) is 5.96. The van der Waals surface area contributed by atoms with Crippen LogP contribution in [-0.4, -0.2) is 40.2 Å². The van der Waals surface area contributed by atoms with Crippen molar-refractivity contribution in [1.29, 1.82) is 0 Å². The molecule has 0 saturated carbocycles. The molecule has 0 aliphatic carbocycles. The molecular weight excluding hydrogens is 208 g/mol. The molecule has 1 aromatic rings. The lowest BCUT2D eigenvalue weighted by molar-refractivity contribution is -0.125. The Morgan fingerprint density at radius 2 is 1.94 bits per heavy atom. The van der Waals surface area contributed by atoms with Crippen LogP contribution in [0.25, 0.3) is 0 Å². The summed E-state index contributed by atoms with van der Waals surface area (Å²) in [5.41, 5.74) is -0.430. The monoisotopic (exact) mass is 226 g/mol. The van der Waals surface area contributed by atoms with Crippen molar-refractivity contribution >= 4 is 0 Å². The Bertz CT molecular complexity index is 297. The Kier molecular flexibility index (Phi) is 4.89. The number of aliphatic hydroxyl groups excluding tert-OH is 2. The molecule has 90 valence electrons. The molecule has 1 rings (SSSR count). The van der Waals surface area contributed by atoms with Gasteiger partial charge in [0, 0.05) is 0 Å². The van der Waals surface area contributed by atoms with Gasteiger partial charge in [-0.05, 0) is 12.5 Å². The van der Waals surface area contributed by atoms with Crippen molar-refractivity contribution in [1.82, 2.24) is 0 Å². The first kappa shape index (κ1) is 13.1. The second-order valence-corrected chi connectivity index (χ2v) is 4.03. The van der Waals surface area contributed by atoms with Crippen molar-refractivity contribution in [2.45, 2.75) is 25.2 Å². The van der Waals surface area contributed by atoms with Gasteiger partial charge in [0.05, 0.1) is 19.8 Å². The number of aliphatic hydroxyl groups is 3. The van der Waals surface area contributed by atoms with Gasteiger partial charge >= 0.3 is 0 Å². The molecule has 0 amide bonds. The number of rotatable bonds is 6. The lowest BCUT2D eigenvalue weighted by atomic mass is 10.0. The van der Waals surface area contributed by atoms with Gasteiger partial charge in [0.2, 0.25) is 0 Å². The Morgan fingerprint density at radius 1 is 1.31 bits per heavy atom. The Hall–Kier alpha value is -0.940. The van der Waals surface area contributed by atoms with E-state index in [1.54, 1.807) is 0 Å². The fourth-order valence-electron chi connectivity index (χ4n) is 1.24. The minimum absolute atomic E-state index is 0.0242. The van der Waals surface area contributed by atoms with Gasteiger partial charge in [0.1, 0.15) is 11.7 Å². The molecule has 0 heterocycles. The molecule has 2 atom stereocenters. The second-order valence-electron chi connectivity index (χ2n) is 4.03. The molecule has 0 saturated heterocycles. The molecule has 0 fully saturated rings. The molecule has 0 aromatic heterocycles. The smallest absolute Gasteiger partial charge is 0.113 e. The summed E-state index contributed by atoms with van der Waals surface area (Å²) in [7, 11) is 0. The van der Waals surface area contributed by atoms with Gasteiger partial charge in [-0.25, -0.2) is 0 Å². The molecule has 0 bridgehead atoms. The number of hydrogen-bond donors (Lipinski definition) is 3. The third-order valence-electron chi connectivity index (χ3n) is 2.40. The highest BCUT2D eigenvalue weighted by Gasteiger charge is 2.29. The maximum Gasteiger partial charge on any atom is 0.113 e. The molecule has 0 unspecified atom stereocenters. The van der Waals surface area contributed by atoms with Crippen LogP contribution < -0.4 is 0 Å². The summed E-state index contributed by atoms with van der Waals surface area (Å²) in [6.07, 6.45) is -1.19. The van der Waals surface area contributed by atoms with Crippen molar-refractivity contribution in [3.8, 4) is 0 Å². The fraction of sp³-hybridized carbons (Fsp3) is 0.500. The Morgan fingerprint density at radius 3 is 2.50 bits per heavy atom. The molecule has 0 aliphatic heterocycles. The minimum Gasteiger partial charge on any atom is -0.394 e. The summed E-state index contributed by atoms with van der Waals surface area (Å²) in [5.74, 6) is 0. The Labute approximate surface area is 95.1 Å². The third-order valence-corrected chi connectivity index (χ3v) is 2.40. The van der Waals surface area contributed by atoms with Crippen molar-refractivity contribution in [3.63, 3.8) is 0 Å². The molecule has 1 aromatic carbocycles. The summed E-state index contributed by atoms with van der Waals surface area (Å²) in [6.45, 7) is 1.29. The number of benzene rings is 1. The minimum atomic E-state index is -1.43. The van der Waals surface area contributed by atoms with E-state index in [4.69, 9.17) is 9.84 Å². The van der Waals surface area contributed by atoms with Crippen LogP contribution in [0.2, 0.25) is 0 Å². The van der Waals surface area contributed by atoms with Gasteiger partial charge in [-0.2, -0.15) is 0 Å². The van der Waals surface area contributed by atoms with E-state index >= 15 is 0 Å². The van der Waals surface area contributed by atoms with Crippen LogP contribution in [0.15, 0.2) is 30.3 Å². The van der Waals surface area contributed by atoms with Gasteiger partial charge in [0.25, 0.3) is 0 Å². The molecule has 0 aliphatic rings. The first-order valence-corrected chi connectivity index (χ1v) is 5.19. The SMILES string of the molecule is C[C@@](O)(COCc1ccccc1)[C@H](O)CO. The third kappa shape index (κ3) is 3.90. The molecule has 3 N–H and O–H groups in total. The van der Waals surface area contributed by atoms with E-state index in [9.17, 15) is 10.2 Å². The van der Waals surface area contributed by atoms with Crippen LogP contribution in [0.3, 0.4) is 0 Å². The number of hydrogen-bond acceptors (Lipinski definition) is 4. The molecule has 16 heavy (non-hydrogen) atoms. The van der Waals surface area contributed by atoms with E-state index in [0.29, 0.717) is 6.61 Å². The van der Waals surface area contributed by atoms with E-state index in [1.807, 2.05) is 30.3 Å². The van der Waals surface area contributed by atoms with Crippen LogP contribution in [-0.2, 0) is 11.3 Å². The lowest BCUT2D eigenvalue weighted by Gasteiger charge is -2.27. The van der Waals surface area contributed by atoms with Crippen LogP contribution >= 0.6 is 0 Å². The average molecular weight is 226 g/mol. The first-order chi connectivity index (χ1) is 7.56. The highest BCUT2D eigenvalue weighted by atomic mass is 16.5. The van der Waals surface area contributed by atoms with Gasteiger partial charge < -0.3 is 20.1 Å². The van der Waals surface area contributed by atoms with Gasteiger partial charge in [-0.3, -0.25) is 0 Å². The zero-order valence-corrected chi connectivity index (χ0v) is 9.34. The van der Waals surface area contributed by atoms with E-state index in [-0.39, 0.29) is 6.61 Å². The van der Waals surface area contributed by atoms with Crippen molar-refractivity contribution in [3.05, 3.63) is 35.9 Å². The van der Waals surface area contributed by atoms with E-state index in [0.717, 1.165) is 5.56 Å². The lowest BCUT2D eigenvalue weighted by Crippen LogP contribution is -2.45. The van der Waals surface area contributed by atoms with Crippen molar-refractivity contribution < 1.29 is 20.1 Å². The van der Waals surface area contributed by atoms with Gasteiger partial charge in [-0.1, -0.05) is 30.3 Å². The largest absolute Gasteiger partial charge is 0.394 e. The van der Waals surface area contributed by atoms with Crippen LogP contribution in [0.4, 0.5) is 0 Å². The fourth-order valence-corrected chi connectivity index (χ4v) is 1.24. The summed E-state index contributed by atoms with van der Waals surface area (Å²) < 4.78 is 5.29. The quantitative estimate of drug-likeness (QED) is 0.653.